The summed E-state index contributed by atoms with van der Waals surface area (Å²) in [4.78, 5) is 33.2. The molecule has 302 valence electrons. The number of unbranched alkanes of at least 4 members (excludes halogenated alkanes) is 16. The monoisotopic (exact) mass is 748 g/mol. The smallest absolute Gasteiger partial charge is 0.215 e. The summed E-state index contributed by atoms with van der Waals surface area (Å²) in [6.45, 7) is 8.21. The summed E-state index contributed by atoms with van der Waals surface area (Å²) >= 11 is 0. The molecule has 2 aromatic heterocycles. The first kappa shape index (κ1) is 43.4. The number of nitrogens with zero attached hydrogens (tertiary/aromatic N) is 5. The molecule has 10 nitrogen and oxygen atoms in total. The third-order valence-electron chi connectivity index (χ3n) is 10.8. The zero-order valence-corrected chi connectivity index (χ0v) is 34.3. The number of pyridine rings is 1. The topological polar surface area (TPSA) is 122 Å². The minimum absolute atomic E-state index is 0.181. The molecule has 1 aromatic carbocycles. The van der Waals surface area contributed by atoms with Crippen LogP contribution in [0.15, 0.2) is 35.7 Å². The molecule has 0 saturated heterocycles. The van der Waals surface area contributed by atoms with Gasteiger partial charge in [-0.1, -0.05) is 128 Å². The minimum atomic E-state index is -1.05. The van der Waals surface area contributed by atoms with Gasteiger partial charge in [-0.25, -0.2) is 9.97 Å². The van der Waals surface area contributed by atoms with Gasteiger partial charge in [0.05, 0.1) is 11.2 Å². The van der Waals surface area contributed by atoms with Gasteiger partial charge in [-0.15, -0.1) is 0 Å². The van der Waals surface area contributed by atoms with Gasteiger partial charge in [0.25, 0.3) is 0 Å². The van der Waals surface area contributed by atoms with E-state index in [1.54, 1.807) is 0 Å². The number of nitrogens with two attached hydrogens (primary N) is 1. The maximum absolute atomic E-state index is 12.8. The zero-order valence-electron chi connectivity index (χ0n) is 34.3. The number of nitrogen functional groups attached to an aromatic ring is 1. The fourth-order valence-electron chi connectivity index (χ4n) is 7.61. The van der Waals surface area contributed by atoms with Crippen molar-refractivity contribution in [1.29, 1.82) is 0 Å². The Kier molecular flexibility index (Phi) is 19.4. The maximum Gasteiger partial charge on any atom is 0.215 e. The molecule has 0 fully saturated rings. The van der Waals surface area contributed by atoms with Gasteiger partial charge in [-0.3, -0.25) is 4.79 Å². The lowest BCUT2D eigenvalue weighted by Gasteiger charge is -2.38. The number of aryl methyl sites for hydroxylation is 1. The summed E-state index contributed by atoms with van der Waals surface area (Å²) in [5.41, 5.74) is 10.1. The summed E-state index contributed by atoms with van der Waals surface area (Å²) in [5.74, 6) is 1.11. The van der Waals surface area contributed by atoms with E-state index in [1.165, 1.54) is 89.9 Å². The molecule has 0 amide bonds. The highest BCUT2D eigenvalue weighted by Gasteiger charge is 2.40. The van der Waals surface area contributed by atoms with Crippen LogP contribution in [0.2, 0.25) is 0 Å². The number of aromatic nitrogens is 3. The van der Waals surface area contributed by atoms with E-state index in [0.717, 1.165) is 99.1 Å². The van der Waals surface area contributed by atoms with Gasteiger partial charge < -0.3 is 30.8 Å². The molecule has 0 bridgehead atoms. The number of ketones is 1. The molecule has 0 radical (unpaired) electrons. The second-order valence-corrected chi connectivity index (χ2v) is 15.7. The summed E-state index contributed by atoms with van der Waals surface area (Å²) < 4.78 is 1.89. The molecular weight excluding hydrogens is 675 g/mol. The van der Waals surface area contributed by atoms with Crippen molar-refractivity contribution in [1.82, 2.24) is 29.8 Å². The Labute approximate surface area is 326 Å². The van der Waals surface area contributed by atoms with E-state index in [4.69, 9.17) is 15.6 Å². The van der Waals surface area contributed by atoms with Crippen LogP contribution in [0.1, 0.15) is 148 Å². The number of para-hydroxylation sites is 1. The van der Waals surface area contributed by atoms with Crippen LogP contribution >= 0.6 is 0 Å². The van der Waals surface area contributed by atoms with Crippen LogP contribution in [-0.4, -0.2) is 88.4 Å². The average molecular weight is 748 g/mol. The van der Waals surface area contributed by atoms with Crippen LogP contribution in [0.4, 0.5) is 5.82 Å². The third kappa shape index (κ3) is 13.1. The Morgan fingerprint density at radius 1 is 0.778 bits per heavy atom. The molecule has 2 heterocycles. The molecule has 3 aromatic rings. The number of aliphatic hydroxyl groups excluding tert-OH is 1. The largest absolute Gasteiger partial charge is 0.412 e. The molecule has 0 saturated carbocycles. The molecule has 1 atom stereocenters. The Bertz CT molecular complexity index is 1570. The van der Waals surface area contributed by atoms with Crippen molar-refractivity contribution < 1.29 is 14.7 Å². The fraction of sp³-hybridized carbons (Fsp3) is 0.705. The normalized spacial score (nSPS) is 14.5. The number of Topliss-reactive ketones (excluding diaryl/α,β-unsaturated/α-hetero) is 1. The van der Waals surface area contributed by atoms with Gasteiger partial charge in [0.15, 0.2) is 11.9 Å². The van der Waals surface area contributed by atoms with Crippen LogP contribution < -0.4 is 15.9 Å². The molecule has 4 N–H and O–H groups in total. The number of rotatable bonds is 31. The van der Waals surface area contributed by atoms with Crippen LogP contribution in [-0.2, 0) is 11.2 Å². The average Bonchev–Trinajstić information content (AvgIpc) is 3.54. The van der Waals surface area contributed by atoms with E-state index in [1.807, 2.05) is 29.0 Å². The number of carbonyl (C=O) groups excluding carboxylic acids is 1. The van der Waals surface area contributed by atoms with Crippen LogP contribution in [0.3, 0.4) is 0 Å². The van der Waals surface area contributed by atoms with E-state index in [9.17, 15) is 9.90 Å². The minimum Gasteiger partial charge on any atom is -0.412 e. The first-order chi connectivity index (χ1) is 26.4. The summed E-state index contributed by atoms with van der Waals surface area (Å²) in [6.07, 6.45) is 24.4. The highest BCUT2D eigenvalue weighted by Crippen LogP contribution is 2.30. The Morgan fingerprint density at radius 2 is 1.39 bits per heavy atom. The lowest BCUT2D eigenvalue weighted by Crippen LogP contribution is -2.50. The molecule has 54 heavy (non-hydrogen) atoms. The predicted octanol–water partition coefficient (Wildman–Crippen LogP) is 8.59. The predicted molar refractivity (Wildman–Crippen MR) is 224 cm³/mol. The molecular formula is C44H73N7O3. The van der Waals surface area contributed by atoms with Crippen molar-refractivity contribution in [3.8, 4) is 0 Å². The summed E-state index contributed by atoms with van der Waals surface area (Å²) in [5, 5.41) is 15.2. The molecule has 0 spiro atoms. The highest BCUT2D eigenvalue weighted by atomic mass is 16.7. The Morgan fingerprint density at radius 3 is 2.04 bits per heavy atom. The van der Waals surface area contributed by atoms with Crippen molar-refractivity contribution in [3.63, 3.8) is 0 Å². The number of imidazole rings is 1. The van der Waals surface area contributed by atoms with Crippen LogP contribution in [0, 0.1) is 0 Å². The fourth-order valence-corrected chi connectivity index (χ4v) is 7.61. The molecule has 1 aliphatic carbocycles. The molecule has 0 aliphatic heterocycles. The van der Waals surface area contributed by atoms with Crippen molar-refractivity contribution >= 4 is 33.5 Å². The van der Waals surface area contributed by atoms with Gasteiger partial charge in [0.2, 0.25) is 5.78 Å². The molecule has 4 rings (SSSR count). The maximum atomic E-state index is 12.8. The lowest BCUT2D eigenvalue weighted by atomic mass is 9.93. The van der Waals surface area contributed by atoms with Crippen molar-refractivity contribution in [2.75, 3.05) is 52.6 Å². The molecule has 1 aliphatic rings. The zero-order chi connectivity index (χ0) is 38.5. The number of carbonyl (C=O) groups is 1. The second-order valence-electron chi connectivity index (χ2n) is 15.7. The van der Waals surface area contributed by atoms with E-state index in [-0.39, 0.29) is 5.78 Å². The first-order valence-electron chi connectivity index (χ1n) is 21.7. The number of nitrogens with one attached hydrogen (secondary N) is 1. The van der Waals surface area contributed by atoms with Crippen LogP contribution in [0.5, 0.6) is 0 Å². The number of anilines is 1. The molecule has 1 unspecified atom stereocenters. The Balaban J connectivity index is 1.23. The van der Waals surface area contributed by atoms with E-state index in [0.29, 0.717) is 23.6 Å². The standard InChI is InChI=1S/C44H73N7O3/c1-5-7-9-10-11-12-13-14-15-16-17-18-19-20-23-30-46-38-41(43(53)42(38)52)50(33-26-31-49(3)4)32-24-25-34-54-51-37(29-8-6-2)48-39-40(51)35-27-21-22-28-36(35)47-44(39)45/h21-22,27-28,43,46,53H,5-20,23-26,29-34H2,1-4H3,(H2,45,47). The SMILES string of the molecule is CCCCCCCCCCCCCCCCCNC1=C(N(CCCCOn2c(CCCC)nc3c(N)nc4ccccc4c32)CCCN(C)C)C(O)C1=O. The van der Waals surface area contributed by atoms with Crippen molar-refractivity contribution in [2.24, 2.45) is 0 Å². The van der Waals surface area contributed by atoms with Gasteiger partial charge >= 0.3 is 0 Å². The first-order valence-corrected chi connectivity index (χ1v) is 21.7. The van der Waals surface area contributed by atoms with Crippen molar-refractivity contribution in [3.05, 3.63) is 41.5 Å². The van der Waals surface area contributed by atoms with E-state index < -0.39 is 6.10 Å². The molecule has 10 heteroatoms. The van der Waals surface area contributed by atoms with E-state index >= 15 is 0 Å². The van der Waals surface area contributed by atoms with Gasteiger partial charge in [0, 0.05) is 31.4 Å². The number of aliphatic hydroxyl groups is 1. The summed E-state index contributed by atoms with van der Waals surface area (Å²) in [6, 6.07) is 7.99. The number of hydrogen-bond acceptors (Lipinski definition) is 9. The van der Waals surface area contributed by atoms with Gasteiger partial charge in [0.1, 0.15) is 29.2 Å². The third-order valence-corrected chi connectivity index (χ3v) is 10.8. The Hall–Kier alpha value is -3.37. The number of hydrogen-bond donors (Lipinski definition) is 3. The summed E-state index contributed by atoms with van der Waals surface area (Å²) in [7, 11) is 4.16. The van der Waals surface area contributed by atoms with Gasteiger partial charge in [-0.05, 0) is 58.8 Å². The van der Waals surface area contributed by atoms with E-state index in [2.05, 4.69) is 48.0 Å². The number of benzene rings is 1. The van der Waals surface area contributed by atoms with Gasteiger partial charge in [-0.2, -0.15) is 4.73 Å². The number of fused-ring (bicyclic) bond motifs is 3. The van der Waals surface area contributed by atoms with Crippen LogP contribution in [0.25, 0.3) is 21.9 Å². The van der Waals surface area contributed by atoms with Crippen molar-refractivity contribution in [2.45, 2.75) is 155 Å². The second kappa shape index (κ2) is 24.2. The highest BCUT2D eigenvalue weighted by molar-refractivity contribution is 6.08. The quantitative estimate of drug-likeness (QED) is 0.0556. The lowest BCUT2D eigenvalue weighted by molar-refractivity contribution is -0.126.